The van der Waals surface area contributed by atoms with Crippen LogP contribution in [0.15, 0.2) is 0 Å². The lowest BCUT2D eigenvalue weighted by atomic mass is 9.79. The number of carboxylic acids is 1. The van der Waals surface area contributed by atoms with Gasteiger partial charge >= 0.3 is 5.97 Å². The van der Waals surface area contributed by atoms with Gasteiger partial charge in [0.25, 0.3) is 0 Å². The van der Waals surface area contributed by atoms with Crippen LogP contribution in [0.2, 0.25) is 0 Å². The molecule has 5 heteroatoms. The van der Waals surface area contributed by atoms with E-state index in [0.29, 0.717) is 31.4 Å². The molecule has 1 heterocycles. The Hall–Kier alpha value is -1.10. The number of hydrogen-bond acceptors (Lipinski definition) is 3. The summed E-state index contributed by atoms with van der Waals surface area (Å²) in [6.45, 7) is 5.14. The Bertz CT molecular complexity index is 351. The van der Waals surface area contributed by atoms with E-state index in [9.17, 15) is 9.59 Å². The average Bonchev–Trinajstić information content (AvgIpc) is 2.68. The van der Waals surface area contributed by atoms with Crippen LogP contribution in [-0.4, -0.2) is 47.2 Å². The fourth-order valence-corrected chi connectivity index (χ4v) is 3.20. The van der Waals surface area contributed by atoms with Gasteiger partial charge in [-0.1, -0.05) is 0 Å². The highest BCUT2D eigenvalue weighted by Gasteiger charge is 2.40. The van der Waals surface area contributed by atoms with Crippen LogP contribution < -0.4 is 0 Å². The van der Waals surface area contributed by atoms with Gasteiger partial charge in [0.15, 0.2) is 0 Å². The minimum absolute atomic E-state index is 0.108. The van der Waals surface area contributed by atoms with Crippen molar-refractivity contribution in [1.29, 1.82) is 0 Å². The molecular formula is C14H23NO4. The number of ether oxygens (including phenoxy) is 1. The molecule has 5 nitrogen and oxygen atoms in total. The number of carbonyl (C=O) groups excluding carboxylic acids is 1. The van der Waals surface area contributed by atoms with Crippen LogP contribution >= 0.6 is 0 Å². The molecule has 1 aliphatic carbocycles. The van der Waals surface area contributed by atoms with E-state index in [0.717, 1.165) is 19.4 Å². The predicted molar refractivity (Wildman–Crippen MR) is 69.7 cm³/mol. The quantitative estimate of drug-likeness (QED) is 0.821. The van der Waals surface area contributed by atoms with Crippen LogP contribution in [0.1, 0.15) is 39.5 Å². The molecule has 0 bridgehead atoms. The second-order valence-electron chi connectivity index (χ2n) is 5.68. The minimum Gasteiger partial charge on any atom is -0.481 e. The Labute approximate surface area is 113 Å². The first-order valence-electron chi connectivity index (χ1n) is 7.16. The number of aliphatic carboxylic acids is 1. The molecule has 2 rings (SSSR count). The number of rotatable bonds is 5. The Morgan fingerprint density at radius 1 is 1.37 bits per heavy atom. The molecule has 0 aromatic rings. The van der Waals surface area contributed by atoms with E-state index in [1.807, 2.05) is 13.8 Å². The van der Waals surface area contributed by atoms with Crippen molar-refractivity contribution in [1.82, 2.24) is 4.90 Å². The summed E-state index contributed by atoms with van der Waals surface area (Å²) in [7, 11) is 0. The molecule has 108 valence electrons. The van der Waals surface area contributed by atoms with Gasteiger partial charge in [-0.2, -0.15) is 0 Å². The molecule has 0 aromatic heterocycles. The van der Waals surface area contributed by atoms with E-state index in [4.69, 9.17) is 9.84 Å². The Kier molecular flexibility index (Phi) is 4.45. The highest BCUT2D eigenvalue weighted by Crippen LogP contribution is 2.34. The monoisotopic (exact) mass is 269 g/mol. The third-order valence-electron chi connectivity index (χ3n) is 4.45. The Morgan fingerprint density at radius 2 is 2.05 bits per heavy atom. The molecule has 0 radical (unpaired) electrons. The Morgan fingerprint density at radius 3 is 2.58 bits per heavy atom. The van der Waals surface area contributed by atoms with Crippen LogP contribution in [-0.2, 0) is 14.3 Å². The summed E-state index contributed by atoms with van der Waals surface area (Å²) in [4.78, 5) is 25.0. The number of likely N-dealkylation sites (tertiary alicyclic amines) is 1. The van der Waals surface area contributed by atoms with Crippen molar-refractivity contribution >= 4 is 11.9 Å². The van der Waals surface area contributed by atoms with Crippen LogP contribution in [0.4, 0.5) is 0 Å². The molecular weight excluding hydrogens is 246 g/mol. The number of amides is 1. The number of carbonyl (C=O) groups is 2. The van der Waals surface area contributed by atoms with Gasteiger partial charge in [-0.3, -0.25) is 9.59 Å². The molecule has 1 saturated carbocycles. The van der Waals surface area contributed by atoms with Gasteiger partial charge in [-0.25, -0.2) is 0 Å². The summed E-state index contributed by atoms with van der Waals surface area (Å²) in [6, 6.07) is -0.173. The first-order chi connectivity index (χ1) is 9.02. The number of carboxylic acid groups (broad SMARTS) is 1. The standard InChI is InChI=1S/C14H23NO4/c1-3-19-11-6-10(7-11)8-13(16)15-5-4-12(9(15)2)14(17)18/h9-12H,3-8H2,1-2H3,(H,17,18). The van der Waals surface area contributed by atoms with E-state index in [2.05, 4.69) is 0 Å². The summed E-state index contributed by atoms with van der Waals surface area (Å²) in [5.74, 6) is -0.666. The second kappa shape index (κ2) is 5.90. The normalized spacial score (nSPS) is 34.1. The van der Waals surface area contributed by atoms with Gasteiger partial charge in [0.2, 0.25) is 5.91 Å². The molecule has 1 amide bonds. The van der Waals surface area contributed by atoms with Crippen molar-refractivity contribution in [3.05, 3.63) is 0 Å². The van der Waals surface area contributed by atoms with E-state index in [1.165, 1.54) is 0 Å². The van der Waals surface area contributed by atoms with Crippen molar-refractivity contribution in [3.63, 3.8) is 0 Å². The smallest absolute Gasteiger partial charge is 0.308 e. The van der Waals surface area contributed by atoms with Crippen molar-refractivity contribution < 1.29 is 19.4 Å². The van der Waals surface area contributed by atoms with Crippen LogP contribution in [0.25, 0.3) is 0 Å². The number of nitrogens with zero attached hydrogens (tertiary/aromatic N) is 1. The lowest BCUT2D eigenvalue weighted by Crippen LogP contribution is -2.41. The summed E-state index contributed by atoms with van der Waals surface area (Å²) < 4.78 is 5.48. The Balaban J connectivity index is 1.77. The molecule has 0 spiro atoms. The van der Waals surface area contributed by atoms with Gasteiger partial charge in [0.05, 0.1) is 12.0 Å². The molecule has 2 fully saturated rings. The lowest BCUT2D eigenvalue weighted by Gasteiger charge is -2.36. The zero-order valence-corrected chi connectivity index (χ0v) is 11.7. The summed E-state index contributed by atoms with van der Waals surface area (Å²) in [5, 5.41) is 9.06. The van der Waals surface area contributed by atoms with E-state index in [-0.39, 0.29) is 11.9 Å². The average molecular weight is 269 g/mol. The largest absolute Gasteiger partial charge is 0.481 e. The van der Waals surface area contributed by atoms with Gasteiger partial charge in [-0.15, -0.1) is 0 Å². The van der Waals surface area contributed by atoms with Gasteiger partial charge in [0, 0.05) is 25.6 Å². The third-order valence-corrected chi connectivity index (χ3v) is 4.45. The SMILES string of the molecule is CCOC1CC(CC(=O)N2CCC(C(=O)O)C2C)C1. The summed E-state index contributed by atoms with van der Waals surface area (Å²) >= 11 is 0. The van der Waals surface area contributed by atoms with Crippen LogP contribution in [0.5, 0.6) is 0 Å². The van der Waals surface area contributed by atoms with Crippen molar-refractivity contribution in [2.45, 2.75) is 51.7 Å². The maximum Gasteiger partial charge on any atom is 0.308 e. The molecule has 19 heavy (non-hydrogen) atoms. The van der Waals surface area contributed by atoms with Gasteiger partial charge < -0.3 is 14.7 Å². The maximum absolute atomic E-state index is 12.2. The molecule has 2 aliphatic rings. The highest BCUT2D eigenvalue weighted by atomic mass is 16.5. The number of hydrogen-bond donors (Lipinski definition) is 1. The van der Waals surface area contributed by atoms with Crippen molar-refractivity contribution in [2.24, 2.45) is 11.8 Å². The molecule has 0 aromatic carbocycles. The molecule has 1 N–H and O–H groups in total. The topological polar surface area (TPSA) is 66.8 Å². The fraction of sp³-hybridized carbons (Fsp3) is 0.857. The third kappa shape index (κ3) is 3.08. The summed E-state index contributed by atoms with van der Waals surface area (Å²) in [6.07, 6.45) is 3.37. The van der Waals surface area contributed by atoms with Crippen LogP contribution in [0.3, 0.4) is 0 Å². The van der Waals surface area contributed by atoms with Crippen molar-refractivity contribution in [2.75, 3.05) is 13.2 Å². The second-order valence-corrected chi connectivity index (χ2v) is 5.68. The zero-order chi connectivity index (χ0) is 14.0. The van der Waals surface area contributed by atoms with Crippen molar-refractivity contribution in [3.8, 4) is 0 Å². The van der Waals surface area contributed by atoms with Gasteiger partial charge in [0.1, 0.15) is 0 Å². The molecule has 2 unspecified atom stereocenters. The lowest BCUT2D eigenvalue weighted by molar-refractivity contribution is -0.143. The summed E-state index contributed by atoms with van der Waals surface area (Å²) in [5.41, 5.74) is 0. The predicted octanol–water partition coefficient (Wildman–Crippen LogP) is 1.51. The van der Waals surface area contributed by atoms with Crippen LogP contribution in [0, 0.1) is 11.8 Å². The van der Waals surface area contributed by atoms with E-state index < -0.39 is 11.9 Å². The molecule has 1 aliphatic heterocycles. The van der Waals surface area contributed by atoms with E-state index in [1.54, 1.807) is 4.90 Å². The van der Waals surface area contributed by atoms with E-state index >= 15 is 0 Å². The molecule has 1 saturated heterocycles. The first-order valence-corrected chi connectivity index (χ1v) is 7.16. The minimum atomic E-state index is -0.789. The highest BCUT2D eigenvalue weighted by molar-refractivity contribution is 5.79. The maximum atomic E-state index is 12.2. The zero-order valence-electron chi connectivity index (χ0n) is 11.7. The molecule has 2 atom stereocenters. The fourth-order valence-electron chi connectivity index (χ4n) is 3.20. The first kappa shape index (κ1) is 14.3. The van der Waals surface area contributed by atoms with Gasteiger partial charge in [-0.05, 0) is 39.0 Å².